The molecule has 0 saturated carbocycles. The molecule has 3 aliphatic rings. The Labute approximate surface area is 198 Å². The number of barbiturate groups is 1. The Morgan fingerprint density at radius 2 is 1.97 bits per heavy atom. The topological polar surface area (TPSA) is 140 Å². The predicted octanol–water partition coefficient (Wildman–Crippen LogP) is 1.27. The van der Waals surface area contributed by atoms with Gasteiger partial charge in [-0.15, -0.1) is 10.2 Å². The fourth-order valence-corrected chi connectivity index (χ4v) is 5.93. The number of hydrogen-bond donors (Lipinski definition) is 2. The van der Waals surface area contributed by atoms with E-state index < -0.39 is 41.4 Å². The highest BCUT2D eigenvalue weighted by Crippen LogP contribution is 2.47. The summed E-state index contributed by atoms with van der Waals surface area (Å²) in [5.74, 6) is -1.82. The van der Waals surface area contributed by atoms with Crippen LogP contribution < -0.4 is 15.5 Å². The van der Waals surface area contributed by atoms with Crippen molar-refractivity contribution in [3.63, 3.8) is 0 Å². The lowest BCUT2D eigenvalue weighted by Gasteiger charge is -2.55. The third kappa shape index (κ3) is 3.36. The molecule has 2 aromatic rings. The molecule has 34 heavy (non-hydrogen) atoms. The van der Waals surface area contributed by atoms with Gasteiger partial charge in [-0.25, -0.2) is 9.59 Å². The summed E-state index contributed by atoms with van der Waals surface area (Å²) in [6.45, 7) is 6.20. The van der Waals surface area contributed by atoms with Gasteiger partial charge in [-0.2, -0.15) is 0 Å². The van der Waals surface area contributed by atoms with E-state index in [-0.39, 0.29) is 24.1 Å². The highest BCUT2D eigenvalue weighted by molar-refractivity contribution is 7.16. The van der Waals surface area contributed by atoms with E-state index in [1.165, 1.54) is 0 Å². The summed E-state index contributed by atoms with van der Waals surface area (Å²) in [5, 5.41) is 13.3. The molecule has 11 nitrogen and oxygen atoms in total. The predicted molar refractivity (Wildman–Crippen MR) is 120 cm³/mol. The molecule has 1 unspecified atom stereocenters. The number of benzene rings is 1. The van der Waals surface area contributed by atoms with Crippen molar-refractivity contribution < 1.29 is 28.7 Å². The summed E-state index contributed by atoms with van der Waals surface area (Å²) < 4.78 is 11.0. The van der Waals surface area contributed by atoms with Gasteiger partial charge < -0.3 is 14.4 Å². The molecule has 12 heteroatoms. The Morgan fingerprint density at radius 3 is 2.68 bits per heavy atom. The number of rotatable bonds is 3. The van der Waals surface area contributed by atoms with Crippen LogP contribution in [0.2, 0.25) is 0 Å². The molecular weight excluding hydrogens is 462 g/mol. The second kappa shape index (κ2) is 8.13. The van der Waals surface area contributed by atoms with Crippen molar-refractivity contribution in [2.24, 2.45) is 5.41 Å². The minimum Gasteiger partial charge on any atom is -0.461 e. The highest BCUT2D eigenvalue weighted by Gasteiger charge is 2.62. The van der Waals surface area contributed by atoms with E-state index in [4.69, 9.17) is 9.47 Å². The van der Waals surface area contributed by atoms with Gasteiger partial charge in [0.1, 0.15) is 5.01 Å². The Kier molecular flexibility index (Phi) is 5.36. The number of carbonyl (C=O) groups excluding carboxylic acids is 4. The minimum atomic E-state index is -1.55. The molecule has 2 saturated heterocycles. The highest BCUT2D eigenvalue weighted by atomic mass is 32.1. The lowest BCUT2D eigenvalue weighted by atomic mass is 9.66. The van der Waals surface area contributed by atoms with E-state index in [2.05, 4.69) is 20.8 Å². The van der Waals surface area contributed by atoms with Crippen LogP contribution in [0.3, 0.4) is 0 Å². The van der Waals surface area contributed by atoms with Crippen molar-refractivity contribution in [3.8, 4) is 10.6 Å². The van der Waals surface area contributed by atoms with E-state index in [1.807, 2.05) is 36.9 Å². The molecule has 3 aliphatic heterocycles. The quantitative estimate of drug-likeness (QED) is 0.486. The van der Waals surface area contributed by atoms with Crippen LogP contribution in [-0.2, 0) is 25.5 Å². The number of amides is 4. The normalized spacial score (nSPS) is 25.3. The monoisotopic (exact) mass is 485 g/mol. The van der Waals surface area contributed by atoms with Crippen molar-refractivity contribution in [1.29, 1.82) is 0 Å². The molecule has 2 N–H and O–H groups in total. The summed E-state index contributed by atoms with van der Waals surface area (Å²) in [6.07, 6.45) is -0.481. The van der Waals surface area contributed by atoms with Gasteiger partial charge in [-0.05, 0) is 51.0 Å². The smallest absolute Gasteiger partial charge is 0.369 e. The van der Waals surface area contributed by atoms with Crippen LogP contribution in [-0.4, -0.2) is 65.4 Å². The Balaban J connectivity index is 1.59. The number of anilines is 1. The summed E-state index contributed by atoms with van der Waals surface area (Å²) in [4.78, 5) is 52.3. The maximum Gasteiger partial charge on any atom is 0.369 e. The van der Waals surface area contributed by atoms with Crippen molar-refractivity contribution in [3.05, 3.63) is 28.8 Å². The Morgan fingerprint density at radius 1 is 1.24 bits per heavy atom. The molecule has 4 heterocycles. The number of esters is 1. The molecule has 0 aliphatic carbocycles. The van der Waals surface area contributed by atoms with Crippen LogP contribution in [0.5, 0.6) is 0 Å². The summed E-state index contributed by atoms with van der Waals surface area (Å²) in [6, 6.07) is 4.23. The van der Waals surface area contributed by atoms with Crippen LogP contribution >= 0.6 is 11.3 Å². The first-order chi connectivity index (χ1) is 16.2. The number of imide groups is 2. The maximum absolute atomic E-state index is 13.2. The van der Waals surface area contributed by atoms with Crippen LogP contribution in [0.25, 0.3) is 10.6 Å². The molecule has 1 spiro atoms. The average Bonchev–Trinajstić information content (AvgIpc) is 3.27. The fraction of sp³-hybridized carbons (Fsp3) is 0.455. The molecule has 178 valence electrons. The van der Waals surface area contributed by atoms with Gasteiger partial charge in [0.15, 0.2) is 5.41 Å². The average molecular weight is 486 g/mol. The summed E-state index contributed by atoms with van der Waals surface area (Å²) >= 11 is 1.10. The van der Waals surface area contributed by atoms with Crippen molar-refractivity contribution in [1.82, 2.24) is 20.8 Å². The van der Waals surface area contributed by atoms with Gasteiger partial charge in [0, 0.05) is 17.8 Å². The van der Waals surface area contributed by atoms with E-state index >= 15 is 0 Å². The van der Waals surface area contributed by atoms with E-state index in [9.17, 15) is 19.2 Å². The number of nitrogens with zero attached hydrogens (tertiary/aromatic N) is 3. The number of aromatic nitrogens is 2. The van der Waals surface area contributed by atoms with Crippen LogP contribution in [0.4, 0.5) is 10.5 Å². The maximum atomic E-state index is 13.2. The zero-order valence-corrected chi connectivity index (χ0v) is 19.6. The molecule has 4 amide bonds. The van der Waals surface area contributed by atoms with Crippen molar-refractivity contribution >= 4 is 40.8 Å². The first-order valence-corrected chi connectivity index (χ1v) is 11.8. The van der Waals surface area contributed by atoms with Gasteiger partial charge in [-0.1, -0.05) is 11.3 Å². The third-order valence-corrected chi connectivity index (χ3v) is 7.38. The number of nitrogens with one attached hydrogen (secondary N) is 2. The number of ether oxygens (including phenoxy) is 2. The second-order valence-corrected chi connectivity index (χ2v) is 9.59. The number of carbonyl (C=O) groups is 4. The van der Waals surface area contributed by atoms with Gasteiger partial charge in [-0.3, -0.25) is 20.2 Å². The standard InChI is InChI=1S/C22H23N5O6S/c1-4-32-18(28)17-26-25-16(34-17)12-5-6-14-13(7-12)8-22(19(29)23-21(31)24-20(22)30)15-11(3)33-10(2)9-27(14)15/h5-7,10-11,15H,4,8-9H2,1-3H3,(H2,23,24,29,30,31)/t10-,11+,15?/m1/s1. The van der Waals surface area contributed by atoms with Gasteiger partial charge in [0.2, 0.25) is 16.8 Å². The van der Waals surface area contributed by atoms with Crippen LogP contribution in [0.15, 0.2) is 18.2 Å². The van der Waals surface area contributed by atoms with Crippen LogP contribution in [0.1, 0.15) is 36.1 Å². The minimum absolute atomic E-state index is 0.0773. The molecule has 0 bridgehead atoms. The van der Waals surface area contributed by atoms with Gasteiger partial charge >= 0.3 is 12.0 Å². The molecule has 1 aromatic heterocycles. The number of morpholine rings is 1. The molecule has 5 rings (SSSR count). The van der Waals surface area contributed by atoms with Gasteiger partial charge in [0.05, 0.1) is 24.9 Å². The van der Waals surface area contributed by atoms with E-state index in [0.29, 0.717) is 17.1 Å². The number of urea groups is 1. The molecule has 3 atom stereocenters. The summed E-state index contributed by atoms with van der Waals surface area (Å²) in [7, 11) is 0. The zero-order valence-electron chi connectivity index (χ0n) is 18.8. The molecule has 2 fully saturated rings. The fourth-order valence-electron chi connectivity index (χ4n) is 5.20. The molecule has 1 aromatic carbocycles. The van der Waals surface area contributed by atoms with E-state index in [1.54, 1.807) is 6.92 Å². The molecule has 0 radical (unpaired) electrons. The number of fused-ring (bicyclic) bond motifs is 4. The first-order valence-electron chi connectivity index (χ1n) is 11.0. The first kappa shape index (κ1) is 22.4. The van der Waals surface area contributed by atoms with Crippen molar-refractivity contribution in [2.75, 3.05) is 18.1 Å². The van der Waals surface area contributed by atoms with Crippen molar-refractivity contribution in [2.45, 2.75) is 45.4 Å². The largest absolute Gasteiger partial charge is 0.461 e. The number of hydrogen-bond acceptors (Lipinski definition) is 10. The lowest BCUT2D eigenvalue weighted by molar-refractivity contribution is -0.153. The zero-order chi connectivity index (χ0) is 24.2. The summed E-state index contributed by atoms with van der Waals surface area (Å²) in [5.41, 5.74) is 0.787. The van der Waals surface area contributed by atoms with Crippen LogP contribution in [0, 0.1) is 5.41 Å². The lowest BCUT2D eigenvalue weighted by Crippen LogP contribution is -2.75. The van der Waals surface area contributed by atoms with E-state index in [0.717, 1.165) is 22.6 Å². The van der Waals surface area contributed by atoms with Gasteiger partial charge in [0.25, 0.3) is 0 Å². The Bertz CT molecular complexity index is 1190. The Hall–Kier alpha value is -3.38. The SMILES string of the molecule is CCOC(=O)c1nnc(-c2ccc3c(c2)CC2(C(=O)NC(=O)NC2=O)C2[C@H](C)O[C@H](C)CN32)s1. The molecular formula is C22H23N5O6S. The second-order valence-electron chi connectivity index (χ2n) is 8.61. The third-order valence-electron chi connectivity index (χ3n) is 6.43.